The third kappa shape index (κ3) is 2.17. The highest BCUT2D eigenvalue weighted by Gasteiger charge is 2.35. The van der Waals surface area contributed by atoms with Crippen LogP contribution >= 0.6 is 0 Å². The quantitative estimate of drug-likeness (QED) is 0.894. The van der Waals surface area contributed by atoms with Crippen molar-refractivity contribution < 1.29 is 9.13 Å². The molecule has 1 aromatic carbocycles. The second-order valence-electron chi connectivity index (χ2n) is 5.63. The molecule has 0 bridgehead atoms. The third-order valence-corrected chi connectivity index (χ3v) is 4.38. The van der Waals surface area contributed by atoms with Crippen LogP contribution in [0.5, 0.6) is 0 Å². The Morgan fingerprint density at radius 3 is 3.11 bits per heavy atom. The van der Waals surface area contributed by atoms with Gasteiger partial charge in [0.1, 0.15) is 5.82 Å². The van der Waals surface area contributed by atoms with Crippen LogP contribution in [-0.2, 0) is 16.7 Å². The van der Waals surface area contributed by atoms with Gasteiger partial charge in [-0.3, -0.25) is 0 Å². The molecule has 2 nitrogen and oxygen atoms in total. The standard InChI is InChI=1S/C15H20FNO/c16-12-3-4-14-11(10-12)5-7-15(14,17)8-6-13-2-1-9-18-13/h3-4,10,13H,1-2,5-9,17H2. The van der Waals surface area contributed by atoms with Gasteiger partial charge in [-0.1, -0.05) is 6.07 Å². The van der Waals surface area contributed by atoms with E-state index in [0.717, 1.165) is 49.8 Å². The highest BCUT2D eigenvalue weighted by molar-refractivity contribution is 5.38. The first kappa shape index (κ1) is 12.1. The number of ether oxygens (including phenoxy) is 1. The molecule has 0 amide bonds. The van der Waals surface area contributed by atoms with Crippen LogP contribution in [-0.4, -0.2) is 12.7 Å². The molecule has 0 spiro atoms. The summed E-state index contributed by atoms with van der Waals surface area (Å²) in [7, 11) is 0. The van der Waals surface area contributed by atoms with E-state index < -0.39 is 0 Å². The number of hydrogen-bond donors (Lipinski definition) is 1. The van der Waals surface area contributed by atoms with Gasteiger partial charge < -0.3 is 10.5 Å². The molecule has 1 aromatic rings. The van der Waals surface area contributed by atoms with E-state index in [1.807, 2.05) is 6.07 Å². The smallest absolute Gasteiger partial charge is 0.123 e. The van der Waals surface area contributed by atoms with Crippen LogP contribution in [0.3, 0.4) is 0 Å². The van der Waals surface area contributed by atoms with Crippen molar-refractivity contribution in [1.29, 1.82) is 0 Å². The number of benzene rings is 1. The molecule has 3 heteroatoms. The van der Waals surface area contributed by atoms with E-state index in [1.54, 1.807) is 6.07 Å². The minimum Gasteiger partial charge on any atom is -0.378 e. The van der Waals surface area contributed by atoms with Gasteiger partial charge in [0, 0.05) is 12.1 Å². The first-order valence-electron chi connectivity index (χ1n) is 6.87. The number of aryl methyl sites for hydroxylation is 1. The van der Waals surface area contributed by atoms with Crippen LogP contribution < -0.4 is 5.73 Å². The van der Waals surface area contributed by atoms with E-state index >= 15 is 0 Å². The van der Waals surface area contributed by atoms with Crippen molar-refractivity contribution in [3.63, 3.8) is 0 Å². The van der Waals surface area contributed by atoms with E-state index in [0.29, 0.717) is 6.10 Å². The summed E-state index contributed by atoms with van der Waals surface area (Å²) in [5.74, 6) is -0.155. The number of nitrogens with two attached hydrogens (primary N) is 1. The highest BCUT2D eigenvalue weighted by atomic mass is 19.1. The zero-order chi connectivity index (χ0) is 12.6. The van der Waals surface area contributed by atoms with Crippen molar-refractivity contribution in [2.24, 2.45) is 5.73 Å². The molecule has 1 heterocycles. The number of halogens is 1. The molecule has 1 aliphatic heterocycles. The molecule has 2 aliphatic rings. The van der Waals surface area contributed by atoms with Crippen LogP contribution in [0, 0.1) is 5.82 Å². The van der Waals surface area contributed by atoms with Crippen molar-refractivity contribution in [2.45, 2.75) is 50.2 Å². The van der Waals surface area contributed by atoms with E-state index in [4.69, 9.17) is 10.5 Å². The maximum Gasteiger partial charge on any atom is 0.123 e. The maximum atomic E-state index is 13.2. The summed E-state index contributed by atoms with van der Waals surface area (Å²) in [4.78, 5) is 0. The predicted molar refractivity (Wildman–Crippen MR) is 68.8 cm³/mol. The van der Waals surface area contributed by atoms with Crippen LogP contribution in [0.15, 0.2) is 18.2 Å². The molecule has 1 aliphatic carbocycles. The zero-order valence-electron chi connectivity index (χ0n) is 10.6. The van der Waals surface area contributed by atoms with E-state index in [1.165, 1.54) is 12.5 Å². The summed E-state index contributed by atoms with van der Waals surface area (Å²) in [5, 5.41) is 0. The van der Waals surface area contributed by atoms with Gasteiger partial charge in [0.15, 0.2) is 0 Å². The molecule has 18 heavy (non-hydrogen) atoms. The fraction of sp³-hybridized carbons (Fsp3) is 0.600. The number of fused-ring (bicyclic) bond motifs is 1. The lowest BCUT2D eigenvalue weighted by Crippen LogP contribution is -2.35. The average molecular weight is 249 g/mol. The fourth-order valence-electron chi connectivity index (χ4n) is 3.30. The Balaban J connectivity index is 1.72. The van der Waals surface area contributed by atoms with Gasteiger partial charge in [-0.2, -0.15) is 0 Å². The van der Waals surface area contributed by atoms with Gasteiger partial charge in [-0.15, -0.1) is 0 Å². The lowest BCUT2D eigenvalue weighted by molar-refractivity contribution is 0.0957. The van der Waals surface area contributed by atoms with Crippen LogP contribution in [0.2, 0.25) is 0 Å². The lowest BCUT2D eigenvalue weighted by atomic mass is 9.87. The monoisotopic (exact) mass is 249 g/mol. The summed E-state index contributed by atoms with van der Waals surface area (Å²) in [6.45, 7) is 0.893. The Kier molecular flexibility index (Phi) is 3.12. The summed E-state index contributed by atoms with van der Waals surface area (Å²) in [6.07, 6.45) is 6.50. The zero-order valence-corrected chi connectivity index (χ0v) is 10.6. The van der Waals surface area contributed by atoms with Crippen molar-refractivity contribution in [1.82, 2.24) is 0 Å². The normalized spacial score (nSPS) is 30.7. The maximum absolute atomic E-state index is 13.2. The number of rotatable bonds is 3. The first-order chi connectivity index (χ1) is 8.67. The Morgan fingerprint density at radius 1 is 1.44 bits per heavy atom. The molecule has 3 rings (SSSR count). The first-order valence-corrected chi connectivity index (χ1v) is 6.87. The summed E-state index contributed by atoms with van der Waals surface area (Å²) in [5.41, 5.74) is 8.48. The van der Waals surface area contributed by atoms with Crippen molar-refractivity contribution >= 4 is 0 Å². The molecular formula is C15H20FNO. The van der Waals surface area contributed by atoms with Crippen molar-refractivity contribution in [3.8, 4) is 0 Å². The van der Waals surface area contributed by atoms with Crippen LogP contribution in [0.1, 0.15) is 43.2 Å². The van der Waals surface area contributed by atoms with Crippen molar-refractivity contribution in [3.05, 3.63) is 35.1 Å². The third-order valence-electron chi connectivity index (χ3n) is 4.38. The largest absolute Gasteiger partial charge is 0.378 e. The molecule has 98 valence electrons. The molecule has 2 unspecified atom stereocenters. The SMILES string of the molecule is NC1(CCC2CCCO2)CCc2cc(F)ccc21. The molecule has 0 aromatic heterocycles. The lowest BCUT2D eigenvalue weighted by Gasteiger charge is -2.26. The Labute approximate surface area is 107 Å². The fourth-order valence-corrected chi connectivity index (χ4v) is 3.30. The van der Waals surface area contributed by atoms with Crippen LogP contribution in [0.25, 0.3) is 0 Å². The molecule has 2 atom stereocenters. The number of hydrogen-bond acceptors (Lipinski definition) is 2. The summed E-state index contributed by atoms with van der Waals surface area (Å²) in [6, 6.07) is 5.03. The van der Waals surface area contributed by atoms with Gasteiger partial charge in [0.2, 0.25) is 0 Å². The average Bonchev–Trinajstić information content (AvgIpc) is 2.96. The van der Waals surface area contributed by atoms with E-state index in [2.05, 4.69) is 0 Å². The van der Waals surface area contributed by atoms with Gasteiger partial charge in [-0.25, -0.2) is 4.39 Å². The Bertz CT molecular complexity index is 442. The molecule has 2 N–H and O–H groups in total. The van der Waals surface area contributed by atoms with E-state index in [-0.39, 0.29) is 11.4 Å². The molecular weight excluding hydrogens is 229 g/mol. The Hall–Kier alpha value is -0.930. The summed E-state index contributed by atoms with van der Waals surface area (Å²) >= 11 is 0. The second-order valence-corrected chi connectivity index (χ2v) is 5.63. The second kappa shape index (κ2) is 4.63. The van der Waals surface area contributed by atoms with Gasteiger partial charge in [0.25, 0.3) is 0 Å². The van der Waals surface area contributed by atoms with E-state index in [9.17, 15) is 4.39 Å². The topological polar surface area (TPSA) is 35.2 Å². The minimum absolute atomic E-state index is 0.155. The molecule has 1 saturated heterocycles. The van der Waals surface area contributed by atoms with Crippen molar-refractivity contribution in [2.75, 3.05) is 6.61 Å². The molecule has 0 radical (unpaired) electrons. The van der Waals surface area contributed by atoms with Gasteiger partial charge in [-0.05, 0) is 61.8 Å². The Morgan fingerprint density at radius 2 is 2.33 bits per heavy atom. The summed E-state index contributed by atoms with van der Waals surface area (Å²) < 4.78 is 18.8. The van der Waals surface area contributed by atoms with Gasteiger partial charge in [0.05, 0.1) is 6.10 Å². The molecule has 1 fully saturated rings. The molecule has 0 saturated carbocycles. The minimum atomic E-state index is -0.269. The van der Waals surface area contributed by atoms with Crippen LogP contribution in [0.4, 0.5) is 4.39 Å². The van der Waals surface area contributed by atoms with Gasteiger partial charge >= 0.3 is 0 Å². The highest BCUT2D eigenvalue weighted by Crippen LogP contribution is 2.39. The predicted octanol–water partition coefficient (Wildman–Crippen LogP) is 2.89.